The molecule has 0 aliphatic carbocycles. The number of ether oxygens (including phenoxy) is 2. The Bertz CT molecular complexity index is 315. The van der Waals surface area contributed by atoms with Crippen LogP contribution in [0.25, 0.3) is 0 Å². The van der Waals surface area contributed by atoms with E-state index < -0.39 is 0 Å². The molecule has 0 bridgehead atoms. The summed E-state index contributed by atoms with van der Waals surface area (Å²) in [6.07, 6.45) is 2.23. The van der Waals surface area contributed by atoms with Crippen LogP contribution in [0.5, 0.6) is 11.5 Å². The monoisotopic (exact) mass is 237 g/mol. The van der Waals surface area contributed by atoms with Crippen molar-refractivity contribution in [1.82, 2.24) is 0 Å². The molecule has 0 aromatic heterocycles. The third-order valence-corrected chi connectivity index (χ3v) is 2.67. The second-order valence-corrected chi connectivity index (χ2v) is 4.54. The number of nitrogens with two attached hydrogens (primary N) is 1. The zero-order valence-electron chi connectivity index (χ0n) is 11.0. The highest BCUT2D eigenvalue weighted by atomic mass is 16.5. The van der Waals surface area contributed by atoms with Gasteiger partial charge >= 0.3 is 0 Å². The van der Waals surface area contributed by atoms with E-state index in [4.69, 9.17) is 15.2 Å². The van der Waals surface area contributed by atoms with Gasteiger partial charge in [-0.2, -0.15) is 0 Å². The molecule has 17 heavy (non-hydrogen) atoms. The molecule has 0 aliphatic rings. The second-order valence-electron chi connectivity index (χ2n) is 4.54. The Labute approximate surface area is 104 Å². The van der Waals surface area contributed by atoms with E-state index >= 15 is 0 Å². The molecule has 0 saturated carbocycles. The van der Waals surface area contributed by atoms with Gasteiger partial charge in [-0.1, -0.05) is 26.0 Å². The van der Waals surface area contributed by atoms with E-state index in [-0.39, 0.29) is 0 Å². The fraction of sp³-hybridized carbons (Fsp3) is 0.571. The van der Waals surface area contributed by atoms with Gasteiger partial charge in [-0.25, -0.2) is 0 Å². The number of rotatable bonds is 7. The molecule has 0 atom stereocenters. The molecule has 0 heterocycles. The Morgan fingerprint density at radius 3 is 2.65 bits per heavy atom. The van der Waals surface area contributed by atoms with Gasteiger partial charge in [0.2, 0.25) is 0 Å². The maximum absolute atomic E-state index is 5.80. The van der Waals surface area contributed by atoms with Crippen molar-refractivity contribution in [3.63, 3.8) is 0 Å². The van der Waals surface area contributed by atoms with E-state index in [1.165, 1.54) is 6.42 Å². The number of benzene rings is 1. The Kier molecular flexibility index (Phi) is 5.84. The van der Waals surface area contributed by atoms with Crippen LogP contribution in [0.2, 0.25) is 0 Å². The van der Waals surface area contributed by atoms with Crippen molar-refractivity contribution >= 4 is 0 Å². The maximum atomic E-state index is 5.80. The molecule has 0 fully saturated rings. The summed E-state index contributed by atoms with van der Waals surface area (Å²) >= 11 is 0. The molecule has 0 amide bonds. The molecule has 2 N–H and O–H groups in total. The number of hydrogen-bond acceptors (Lipinski definition) is 3. The molecule has 0 unspecified atom stereocenters. The van der Waals surface area contributed by atoms with E-state index in [1.807, 2.05) is 18.2 Å². The summed E-state index contributed by atoms with van der Waals surface area (Å²) in [5.41, 5.74) is 6.69. The van der Waals surface area contributed by atoms with Crippen molar-refractivity contribution in [1.29, 1.82) is 0 Å². The Balaban J connectivity index is 2.61. The van der Waals surface area contributed by atoms with Gasteiger partial charge in [0.25, 0.3) is 0 Å². The zero-order chi connectivity index (χ0) is 12.7. The molecular formula is C14H23NO2. The molecule has 96 valence electrons. The minimum absolute atomic E-state index is 0.469. The lowest BCUT2D eigenvalue weighted by molar-refractivity contribution is 0.277. The molecule has 0 radical (unpaired) electrons. The topological polar surface area (TPSA) is 44.5 Å². The van der Waals surface area contributed by atoms with E-state index in [0.717, 1.165) is 23.5 Å². The highest BCUT2D eigenvalue weighted by molar-refractivity contribution is 5.46. The molecule has 0 spiro atoms. The van der Waals surface area contributed by atoms with Crippen molar-refractivity contribution in [2.75, 3.05) is 13.7 Å². The number of hydrogen-bond donors (Lipinski definition) is 1. The average molecular weight is 237 g/mol. The lowest BCUT2D eigenvalue weighted by Gasteiger charge is -2.14. The van der Waals surface area contributed by atoms with Gasteiger partial charge < -0.3 is 15.2 Å². The molecule has 0 aliphatic heterocycles. The first kappa shape index (κ1) is 13.8. The SMILES string of the molecule is COc1cccc(CN)c1OCCCC(C)C. The van der Waals surface area contributed by atoms with Crippen LogP contribution < -0.4 is 15.2 Å². The molecule has 3 nitrogen and oxygen atoms in total. The molecule has 1 rings (SSSR count). The summed E-state index contributed by atoms with van der Waals surface area (Å²) in [6, 6.07) is 5.80. The first-order chi connectivity index (χ1) is 8.19. The fourth-order valence-electron chi connectivity index (χ4n) is 1.71. The molecule has 0 saturated heterocycles. The highest BCUT2D eigenvalue weighted by Crippen LogP contribution is 2.30. The Hall–Kier alpha value is -1.22. The van der Waals surface area contributed by atoms with E-state index in [1.54, 1.807) is 7.11 Å². The summed E-state index contributed by atoms with van der Waals surface area (Å²) < 4.78 is 11.1. The first-order valence-electron chi connectivity index (χ1n) is 6.17. The molecular weight excluding hydrogens is 214 g/mol. The highest BCUT2D eigenvalue weighted by Gasteiger charge is 2.09. The first-order valence-corrected chi connectivity index (χ1v) is 6.17. The van der Waals surface area contributed by atoms with Crippen LogP contribution in [0.15, 0.2) is 18.2 Å². The molecule has 1 aromatic carbocycles. The van der Waals surface area contributed by atoms with E-state index in [2.05, 4.69) is 13.8 Å². The van der Waals surface area contributed by atoms with Crippen LogP contribution >= 0.6 is 0 Å². The minimum atomic E-state index is 0.469. The van der Waals surface area contributed by atoms with Gasteiger partial charge in [-0.15, -0.1) is 0 Å². The van der Waals surface area contributed by atoms with Gasteiger partial charge in [0, 0.05) is 12.1 Å². The molecule has 3 heteroatoms. The fourth-order valence-corrected chi connectivity index (χ4v) is 1.71. The zero-order valence-corrected chi connectivity index (χ0v) is 11.0. The Morgan fingerprint density at radius 2 is 2.06 bits per heavy atom. The van der Waals surface area contributed by atoms with E-state index in [0.29, 0.717) is 19.1 Å². The lowest BCUT2D eigenvalue weighted by atomic mass is 10.1. The van der Waals surface area contributed by atoms with Crippen molar-refractivity contribution in [3.8, 4) is 11.5 Å². The second kappa shape index (κ2) is 7.17. The maximum Gasteiger partial charge on any atom is 0.165 e. The van der Waals surface area contributed by atoms with Crippen LogP contribution in [0.4, 0.5) is 0 Å². The van der Waals surface area contributed by atoms with Gasteiger partial charge in [-0.3, -0.25) is 0 Å². The van der Waals surface area contributed by atoms with Crippen molar-refractivity contribution in [2.24, 2.45) is 11.7 Å². The smallest absolute Gasteiger partial charge is 0.165 e. The average Bonchev–Trinajstić information content (AvgIpc) is 2.34. The third kappa shape index (κ3) is 4.27. The largest absolute Gasteiger partial charge is 0.493 e. The standard InChI is InChI=1S/C14H23NO2/c1-11(2)6-5-9-17-14-12(10-15)7-4-8-13(14)16-3/h4,7-8,11H,5-6,9-10,15H2,1-3H3. The van der Waals surface area contributed by atoms with Gasteiger partial charge in [0.15, 0.2) is 11.5 Å². The summed E-state index contributed by atoms with van der Waals surface area (Å²) in [5, 5.41) is 0. The number of para-hydroxylation sites is 1. The minimum Gasteiger partial charge on any atom is -0.493 e. The van der Waals surface area contributed by atoms with Crippen LogP contribution in [0.1, 0.15) is 32.3 Å². The van der Waals surface area contributed by atoms with Gasteiger partial charge in [0.1, 0.15) is 0 Å². The summed E-state index contributed by atoms with van der Waals surface area (Å²) in [5.74, 6) is 2.27. The third-order valence-electron chi connectivity index (χ3n) is 2.67. The molecule has 1 aromatic rings. The summed E-state index contributed by atoms with van der Waals surface area (Å²) in [4.78, 5) is 0. The van der Waals surface area contributed by atoms with Crippen molar-refractivity contribution < 1.29 is 9.47 Å². The normalized spacial score (nSPS) is 10.6. The van der Waals surface area contributed by atoms with Crippen LogP contribution in [-0.2, 0) is 6.54 Å². The number of methoxy groups -OCH3 is 1. The lowest BCUT2D eigenvalue weighted by Crippen LogP contribution is -2.06. The van der Waals surface area contributed by atoms with Crippen LogP contribution in [0, 0.1) is 5.92 Å². The predicted molar refractivity (Wildman–Crippen MR) is 70.5 cm³/mol. The van der Waals surface area contributed by atoms with Crippen molar-refractivity contribution in [2.45, 2.75) is 33.2 Å². The summed E-state index contributed by atoms with van der Waals surface area (Å²) in [6.45, 7) is 5.62. The van der Waals surface area contributed by atoms with Gasteiger partial charge in [-0.05, 0) is 24.8 Å². The predicted octanol–water partition coefficient (Wildman–Crippen LogP) is 2.97. The van der Waals surface area contributed by atoms with E-state index in [9.17, 15) is 0 Å². The van der Waals surface area contributed by atoms with Gasteiger partial charge in [0.05, 0.1) is 13.7 Å². The van der Waals surface area contributed by atoms with Crippen LogP contribution in [-0.4, -0.2) is 13.7 Å². The quantitative estimate of drug-likeness (QED) is 0.741. The van der Waals surface area contributed by atoms with Crippen molar-refractivity contribution in [3.05, 3.63) is 23.8 Å². The Morgan fingerprint density at radius 1 is 1.29 bits per heavy atom. The van der Waals surface area contributed by atoms with Crippen LogP contribution in [0.3, 0.4) is 0 Å². The summed E-state index contributed by atoms with van der Waals surface area (Å²) in [7, 11) is 1.65.